The zero-order valence-corrected chi connectivity index (χ0v) is 10.1. The molecule has 5 N–H and O–H groups in total. The van der Waals surface area contributed by atoms with Crippen molar-refractivity contribution in [1.29, 1.82) is 0 Å². The summed E-state index contributed by atoms with van der Waals surface area (Å²) in [4.78, 5) is 11.6. The van der Waals surface area contributed by atoms with Crippen molar-refractivity contribution < 1.29 is 15.0 Å². The summed E-state index contributed by atoms with van der Waals surface area (Å²) in [6.45, 7) is 1.68. The quantitative estimate of drug-likeness (QED) is 0.449. The third-order valence-electron chi connectivity index (χ3n) is 2.44. The lowest BCUT2D eigenvalue weighted by Crippen LogP contribution is -2.45. The van der Waals surface area contributed by atoms with Crippen molar-refractivity contribution >= 4 is 5.91 Å². The van der Waals surface area contributed by atoms with Crippen LogP contribution in [0, 0.1) is 12.3 Å². The Morgan fingerprint density at radius 2 is 2.17 bits per heavy atom. The Labute approximate surface area is 106 Å². The summed E-state index contributed by atoms with van der Waals surface area (Å²) in [5.41, 5.74) is 6.37. The van der Waals surface area contributed by atoms with Crippen molar-refractivity contribution in [3.63, 3.8) is 0 Å². The van der Waals surface area contributed by atoms with Gasteiger partial charge in [0.1, 0.15) is 0 Å². The van der Waals surface area contributed by atoms with Crippen molar-refractivity contribution in [1.82, 2.24) is 5.32 Å². The predicted octanol–water partition coefficient (Wildman–Crippen LogP) is 0.105. The minimum atomic E-state index is -0.759. The number of carbonyl (C=O) groups is 1. The van der Waals surface area contributed by atoms with Crippen molar-refractivity contribution in [2.45, 2.75) is 25.4 Å². The zero-order valence-electron chi connectivity index (χ0n) is 10.1. The molecule has 0 aliphatic rings. The summed E-state index contributed by atoms with van der Waals surface area (Å²) in [6, 6.07) is 3.17. The van der Waals surface area contributed by atoms with Crippen molar-refractivity contribution in [3.05, 3.63) is 23.8 Å². The van der Waals surface area contributed by atoms with Gasteiger partial charge in [-0.25, -0.2) is 0 Å². The lowest BCUT2D eigenvalue weighted by atomic mass is 10.1. The van der Waals surface area contributed by atoms with E-state index in [2.05, 4.69) is 11.2 Å². The Morgan fingerprint density at radius 3 is 2.72 bits per heavy atom. The highest BCUT2D eigenvalue weighted by atomic mass is 16.3. The molecule has 1 amide bonds. The average Bonchev–Trinajstić information content (AvgIpc) is 2.33. The van der Waals surface area contributed by atoms with Gasteiger partial charge in [-0.2, -0.15) is 0 Å². The SMILES string of the molecule is C#CC(C)NC(=O)[C@@H](N)Cc1ccc(O)c(O)c1. The first kappa shape index (κ1) is 13.9. The number of hydrogen-bond acceptors (Lipinski definition) is 4. The Kier molecular flexibility index (Phi) is 4.58. The Hall–Kier alpha value is -2.19. The zero-order chi connectivity index (χ0) is 13.7. The number of amides is 1. The van der Waals surface area contributed by atoms with Crippen molar-refractivity contribution in [3.8, 4) is 23.8 Å². The van der Waals surface area contributed by atoms with Crippen molar-refractivity contribution in [2.24, 2.45) is 5.73 Å². The molecule has 0 radical (unpaired) electrons. The number of nitrogens with one attached hydrogen (secondary N) is 1. The van der Waals surface area contributed by atoms with Gasteiger partial charge in [0.15, 0.2) is 11.5 Å². The molecule has 5 nitrogen and oxygen atoms in total. The van der Waals surface area contributed by atoms with Gasteiger partial charge in [0.2, 0.25) is 5.91 Å². The van der Waals surface area contributed by atoms with Gasteiger partial charge in [-0.1, -0.05) is 12.0 Å². The normalized spacial score (nSPS) is 13.4. The Bertz CT molecular complexity index is 480. The smallest absolute Gasteiger partial charge is 0.238 e. The fraction of sp³-hybridized carbons (Fsp3) is 0.308. The van der Waals surface area contributed by atoms with Crippen LogP contribution in [-0.2, 0) is 11.2 Å². The minimum Gasteiger partial charge on any atom is -0.504 e. The molecule has 0 saturated carbocycles. The number of terminal acetylenes is 1. The van der Waals surface area contributed by atoms with E-state index in [0.717, 1.165) is 0 Å². The molecule has 0 aromatic heterocycles. The fourth-order valence-electron chi connectivity index (χ4n) is 1.40. The third kappa shape index (κ3) is 3.68. The molecular weight excluding hydrogens is 232 g/mol. The van der Waals surface area contributed by atoms with E-state index in [0.29, 0.717) is 5.56 Å². The number of aromatic hydroxyl groups is 2. The van der Waals surface area contributed by atoms with Crippen LogP contribution in [0.2, 0.25) is 0 Å². The molecular formula is C13H16N2O3. The molecule has 1 aromatic rings. The molecule has 0 bridgehead atoms. The molecule has 5 heteroatoms. The predicted molar refractivity (Wildman–Crippen MR) is 67.9 cm³/mol. The second-order valence-electron chi connectivity index (χ2n) is 4.03. The number of carbonyl (C=O) groups excluding carboxylic acids is 1. The highest BCUT2D eigenvalue weighted by molar-refractivity contribution is 5.82. The van der Waals surface area contributed by atoms with Crippen LogP contribution in [0.1, 0.15) is 12.5 Å². The summed E-state index contributed by atoms with van der Waals surface area (Å²) in [6.07, 6.45) is 5.39. The van der Waals surface area contributed by atoms with Crippen LogP contribution in [0.4, 0.5) is 0 Å². The van der Waals surface area contributed by atoms with E-state index in [-0.39, 0.29) is 29.9 Å². The summed E-state index contributed by atoms with van der Waals surface area (Å²) >= 11 is 0. The second kappa shape index (κ2) is 5.94. The van der Waals surface area contributed by atoms with E-state index in [4.69, 9.17) is 17.3 Å². The van der Waals surface area contributed by atoms with Crippen LogP contribution in [0.5, 0.6) is 11.5 Å². The maximum absolute atomic E-state index is 11.6. The number of hydrogen-bond donors (Lipinski definition) is 4. The van der Waals surface area contributed by atoms with E-state index in [1.165, 1.54) is 12.1 Å². The molecule has 0 spiro atoms. The molecule has 96 valence electrons. The van der Waals surface area contributed by atoms with Crippen LogP contribution < -0.4 is 11.1 Å². The van der Waals surface area contributed by atoms with Gasteiger partial charge in [-0.15, -0.1) is 6.42 Å². The Morgan fingerprint density at radius 1 is 1.50 bits per heavy atom. The first-order valence-corrected chi connectivity index (χ1v) is 5.47. The van der Waals surface area contributed by atoms with Crippen LogP contribution in [-0.4, -0.2) is 28.2 Å². The summed E-state index contributed by atoms with van der Waals surface area (Å²) in [5.74, 6) is 1.57. The summed E-state index contributed by atoms with van der Waals surface area (Å²) < 4.78 is 0. The van der Waals surface area contributed by atoms with Crippen LogP contribution in [0.15, 0.2) is 18.2 Å². The van der Waals surface area contributed by atoms with Gasteiger partial charge in [0.05, 0.1) is 12.1 Å². The standard InChI is InChI=1S/C13H16N2O3/c1-3-8(2)15-13(18)10(14)6-9-4-5-11(16)12(17)7-9/h1,4-5,7-8,10,16-17H,6,14H2,2H3,(H,15,18)/t8?,10-/m0/s1. The molecule has 2 atom stereocenters. The van der Waals surface area contributed by atoms with Gasteiger partial charge in [0.25, 0.3) is 0 Å². The van der Waals surface area contributed by atoms with Gasteiger partial charge < -0.3 is 21.3 Å². The summed E-state index contributed by atoms with van der Waals surface area (Å²) in [7, 11) is 0. The molecule has 1 rings (SSSR count). The first-order chi connectivity index (χ1) is 8.43. The molecule has 0 fully saturated rings. The fourth-order valence-corrected chi connectivity index (χ4v) is 1.40. The van der Waals surface area contributed by atoms with Gasteiger partial charge in [0, 0.05) is 0 Å². The molecule has 0 aliphatic heterocycles. The van der Waals surface area contributed by atoms with E-state index in [1.54, 1.807) is 13.0 Å². The lowest BCUT2D eigenvalue weighted by Gasteiger charge is -2.14. The van der Waals surface area contributed by atoms with Crippen LogP contribution >= 0.6 is 0 Å². The number of phenolic OH excluding ortho intramolecular Hbond substituents is 2. The van der Waals surface area contributed by atoms with E-state index in [9.17, 15) is 9.90 Å². The number of rotatable bonds is 4. The Balaban J connectivity index is 2.64. The molecule has 0 heterocycles. The summed E-state index contributed by atoms with van der Waals surface area (Å²) in [5, 5.41) is 21.0. The largest absolute Gasteiger partial charge is 0.504 e. The minimum absolute atomic E-state index is 0.210. The number of nitrogens with two attached hydrogens (primary N) is 1. The van der Waals surface area contributed by atoms with Gasteiger partial charge in [-0.3, -0.25) is 4.79 Å². The maximum atomic E-state index is 11.6. The van der Waals surface area contributed by atoms with E-state index >= 15 is 0 Å². The van der Waals surface area contributed by atoms with Gasteiger partial charge >= 0.3 is 0 Å². The van der Waals surface area contributed by atoms with E-state index in [1.807, 2.05) is 0 Å². The molecule has 0 saturated heterocycles. The van der Waals surface area contributed by atoms with Crippen molar-refractivity contribution in [2.75, 3.05) is 0 Å². The second-order valence-corrected chi connectivity index (χ2v) is 4.03. The maximum Gasteiger partial charge on any atom is 0.238 e. The average molecular weight is 248 g/mol. The van der Waals surface area contributed by atoms with Crippen LogP contribution in [0.25, 0.3) is 0 Å². The van der Waals surface area contributed by atoms with Gasteiger partial charge in [-0.05, 0) is 31.0 Å². The highest BCUT2D eigenvalue weighted by Crippen LogP contribution is 2.25. The van der Waals surface area contributed by atoms with Crippen LogP contribution in [0.3, 0.4) is 0 Å². The molecule has 18 heavy (non-hydrogen) atoms. The number of benzene rings is 1. The molecule has 0 aliphatic carbocycles. The van der Waals surface area contributed by atoms with E-state index < -0.39 is 6.04 Å². The number of phenols is 2. The monoisotopic (exact) mass is 248 g/mol. The topological polar surface area (TPSA) is 95.6 Å². The molecule has 1 unspecified atom stereocenters. The highest BCUT2D eigenvalue weighted by Gasteiger charge is 2.16. The molecule has 1 aromatic carbocycles. The third-order valence-corrected chi connectivity index (χ3v) is 2.44. The lowest BCUT2D eigenvalue weighted by molar-refractivity contribution is -0.122. The first-order valence-electron chi connectivity index (χ1n) is 5.47.